The van der Waals surface area contributed by atoms with Gasteiger partial charge in [0, 0.05) is 31.9 Å². The fraction of sp³-hybridized carbons (Fsp3) is 0.550. The van der Waals surface area contributed by atoms with Gasteiger partial charge >= 0.3 is 6.18 Å². The van der Waals surface area contributed by atoms with E-state index in [1.165, 1.54) is 12.5 Å². The molecule has 1 aliphatic rings. The van der Waals surface area contributed by atoms with Crippen LogP contribution in [0.15, 0.2) is 28.7 Å². The molecule has 27 heavy (non-hydrogen) atoms. The largest absolute Gasteiger partial charge is 0.441 e. The zero-order chi connectivity index (χ0) is 19.4. The van der Waals surface area contributed by atoms with E-state index in [9.17, 15) is 13.2 Å². The predicted molar refractivity (Wildman–Crippen MR) is 96.2 cm³/mol. The lowest BCUT2D eigenvalue weighted by Crippen LogP contribution is -2.39. The van der Waals surface area contributed by atoms with Crippen LogP contribution in [0.1, 0.15) is 42.7 Å². The summed E-state index contributed by atoms with van der Waals surface area (Å²) < 4.78 is 49.8. The number of rotatable bonds is 6. The number of methoxy groups -OCH3 is 1. The highest BCUT2D eigenvalue weighted by molar-refractivity contribution is 5.55. The molecule has 1 fully saturated rings. The van der Waals surface area contributed by atoms with Crippen LogP contribution < -0.4 is 0 Å². The van der Waals surface area contributed by atoms with Gasteiger partial charge in [-0.05, 0) is 50.9 Å². The molecule has 0 radical (unpaired) electrons. The first-order valence-corrected chi connectivity index (χ1v) is 9.25. The third-order valence-electron chi connectivity index (χ3n) is 5.09. The van der Waals surface area contributed by atoms with Crippen LogP contribution in [-0.2, 0) is 17.5 Å². The molecule has 7 heteroatoms. The molecule has 2 aromatic rings. The van der Waals surface area contributed by atoms with Gasteiger partial charge in [-0.1, -0.05) is 12.5 Å². The number of aromatic nitrogens is 1. The van der Waals surface area contributed by atoms with E-state index < -0.39 is 11.7 Å². The van der Waals surface area contributed by atoms with Gasteiger partial charge in [-0.3, -0.25) is 4.90 Å². The number of hydrogen-bond donors (Lipinski definition) is 0. The Balaban J connectivity index is 1.78. The van der Waals surface area contributed by atoms with Crippen LogP contribution in [0, 0.1) is 6.92 Å². The second kappa shape index (κ2) is 8.44. The van der Waals surface area contributed by atoms with Crippen molar-refractivity contribution < 1.29 is 22.3 Å². The predicted octanol–water partition coefficient (Wildman–Crippen LogP) is 5.06. The molecule has 0 spiro atoms. The van der Waals surface area contributed by atoms with Crippen molar-refractivity contribution >= 4 is 0 Å². The fourth-order valence-electron chi connectivity index (χ4n) is 3.57. The summed E-state index contributed by atoms with van der Waals surface area (Å²) in [6.07, 6.45) is 0.0521. The lowest BCUT2D eigenvalue weighted by molar-refractivity contribution is -0.137. The number of nitrogens with zero attached hydrogens (tertiary/aromatic N) is 2. The van der Waals surface area contributed by atoms with E-state index in [-0.39, 0.29) is 5.89 Å². The van der Waals surface area contributed by atoms with E-state index >= 15 is 0 Å². The Bertz CT molecular complexity index is 758. The van der Waals surface area contributed by atoms with E-state index in [1.54, 1.807) is 13.2 Å². The number of hydrogen-bond acceptors (Lipinski definition) is 4. The normalized spacial score (nSPS) is 18.8. The Labute approximate surface area is 157 Å². The molecule has 148 valence electrons. The lowest BCUT2D eigenvalue weighted by atomic mass is 9.99. The maximum Gasteiger partial charge on any atom is 0.416 e. The SMILES string of the molecule is COCC[C@H]1CCCCN1Cc1nc(-c2cccc(C(F)(F)F)c2)oc1C. The van der Waals surface area contributed by atoms with E-state index in [0.717, 1.165) is 43.6 Å². The van der Waals surface area contributed by atoms with Crippen molar-refractivity contribution in [3.63, 3.8) is 0 Å². The molecule has 3 rings (SSSR count). The molecule has 2 heterocycles. The summed E-state index contributed by atoms with van der Waals surface area (Å²) in [5.41, 5.74) is 0.425. The molecule has 0 aliphatic carbocycles. The molecule has 1 aromatic heterocycles. The van der Waals surface area contributed by atoms with Crippen LogP contribution in [0.3, 0.4) is 0 Å². The zero-order valence-electron chi connectivity index (χ0n) is 15.7. The number of oxazole rings is 1. The van der Waals surface area contributed by atoms with E-state index in [2.05, 4.69) is 9.88 Å². The first-order chi connectivity index (χ1) is 12.9. The van der Waals surface area contributed by atoms with E-state index in [1.807, 2.05) is 6.92 Å². The first-order valence-electron chi connectivity index (χ1n) is 9.25. The number of likely N-dealkylation sites (tertiary alicyclic amines) is 1. The molecular formula is C20H25F3N2O2. The standard InChI is InChI=1S/C20H25F3N2O2/c1-14-18(13-25-10-4-3-8-17(25)9-11-26-2)24-19(27-14)15-6-5-7-16(12-15)20(21,22)23/h5-7,12,17H,3-4,8-11,13H2,1-2H3/t17-/m1/s1. The van der Waals surface area contributed by atoms with Crippen LogP contribution in [0.2, 0.25) is 0 Å². The molecule has 1 aromatic carbocycles. The van der Waals surface area contributed by atoms with Crippen molar-refractivity contribution in [2.75, 3.05) is 20.3 Å². The summed E-state index contributed by atoms with van der Waals surface area (Å²) in [5, 5.41) is 0. The number of piperidine rings is 1. The van der Waals surface area contributed by atoms with Crippen LogP contribution in [0.25, 0.3) is 11.5 Å². The van der Waals surface area contributed by atoms with E-state index in [4.69, 9.17) is 9.15 Å². The summed E-state index contributed by atoms with van der Waals surface area (Å²) in [4.78, 5) is 6.88. The molecule has 0 bridgehead atoms. The minimum Gasteiger partial charge on any atom is -0.441 e. The number of halogens is 3. The highest BCUT2D eigenvalue weighted by Gasteiger charge is 2.31. The second-order valence-corrected chi connectivity index (χ2v) is 7.00. The third kappa shape index (κ3) is 4.90. The molecule has 1 saturated heterocycles. The van der Waals surface area contributed by atoms with Crippen molar-refractivity contribution in [3.8, 4) is 11.5 Å². The number of ether oxygens (including phenoxy) is 1. The van der Waals surface area contributed by atoms with Crippen molar-refractivity contribution in [2.45, 2.75) is 51.4 Å². The fourth-order valence-corrected chi connectivity index (χ4v) is 3.57. The van der Waals surface area contributed by atoms with Crippen LogP contribution in [0.4, 0.5) is 13.2 Å². The Morgan fingerprint density at radius 1 is 1.30 bits per heavy atom. The second-order valence-electron chi connectivity index (χ2n) is 7.00. The van der Waals surface area contributed by atoms with Gasteiger partial charge in [0.2, 0.25) is 5.89 Å². The van der Waals surface area contributed by atoms with Gasteiger partial charge in [-0.2, -0.15) is 13.2 Å². The average Bonchev–Trinajstić information content (AvgIpc) is 3.01. The Hall–Kier alpha value is -1.86. The van der Waals surface area contributed by atoms with Gasteiger partial charge in [0.25, 0.3) is 0 Å². The minimum atomic E-state index is -4.39. The van der Waals surface area contributed by atoms with Crippen molar-refractivity contribution in [2.24, 2.45) is 0 Å². The lowest BCUT2D eigenvalue weighted by Gasteiger charge is -2.35. The summed E-state index contributed by atoms with van der Waals surface area (Å²) in [7, 11) is 1.70. The molecule has 1 atom stereocenters. The van der Waals surface area contributed by atoms with Gasteiger partial charge in [0.05, 0.1) is 11.3 Å². The molecule has 4 nitrogen and oxygen atoms in total. The van der Waals surface area contributed by atoms with Crippen molar-refractivity contribution in [1.82, 2.24) is 9.88 Å². The molecule has 0 unspecified atom stereocenters. The smallest absolute Gasteiger partial charge is 0.416 e. The third-order valence-corrected chi connectivity index (χ3v) is 5.09. The molecule has 0 N–H and O–H groups in total. The Kier molecular flexibility index (Phi) is 6.22. The summed E-state index contributed by atoms with van der Waals surface area (Å²) >= 11 is 0. The van der Waals surface area contributed by atoms with Crippen molar-refractivity contribution in [3.05, 3.63) is 41.3 Å². The zero-order valence-corrected chi connectivity index (χ0v) is 15.7. The maximum atomic E-state index is 13.0. The Morgan fingerprint density at radius 3 is 2.85 bits per heavy atom. The van der Waals surface area contributed by atoms with Crippen LogP contribution in [-0.4, -0.2) is 36.2 Å². The quantitative estimate of drug-likeness (QED) is 0.700. The topological polar surface area (TPSA) is 38.5 Å². The van der Waals surface area contributed by atoms with E-state index in [0.29, 0.717) is 30.5 Å². The van der Waals surface area contributed by atoms with Gasteiger partial charge in [-0.15, -0.1) is 0 Å². The van der Waals surface area contributed by atoms with Crippen LogP contribution in [0.5, 0.6) is 0 Å². The number of benzene rings is 1. The van der Waals surface area contributed by atoms with Gasteiger partial charge in [0.1, 0.15) is 5.76 Å². The highest BCUT2D eigenvalue weighted by Crippen LogP contribution is 2.33. The van der Waals surface area contributed by atoms with Crippen molar-refractivity contribution in [1.29, 1.82) is 0 Å². The average molecular weight is 382 g/mol. The highest BCUT2D eigenvalue weighted by atomic mass is 19.4. The monoisotopic (exact) mass is 382 g/mol. The molecule has 1 aliphatic heterocycles. The number of aryl methyl sites for hydroxylation is 1. The van der Waals surface area contributed by atoms with Gasteiger partial charge in [-0.25, -0.2) is 4.98 Å². The minimum absolute atomic E-state index is 0.235. The maximum absolute atomic E-state index is 13.0. The first kappa shape index (κ1) is 19.9. The van der Waals surface area contributed by atoms with Crippen LogP contribution >= 0.6 is 0 Å². The Morgan fingerprint density at radius 2 is 2.11 bits per heavy atom. The number of alkyl halides is 3. The summed E-state index contributed by atoms with van der Waals surface area (Å²) in [6, 6.07) is 5.54. The molecule has 0 amide bonds. The summed E-state index contributed by atoms with van der Waals surface area (Å²) in [6.45, 7) is 4.16. The van der Waals surface area contributed by atoms with Gasteiger partial charge < -0.3 is 9.15 Å². The van der Waals surface area contributed by atoms with Gasteiger partial charge in [0.15, 0.2) is 0 Å². The molecule has 0 saturated carbocycles. The summed E-state index contributed by atoms with van der Waals surface area (Å²) in [5.74, 6) is 0.887. The molecular weight excluding hydrogens is 357 g/mol.